The first-order valence-corrected chi connectivity index (χ1v) is 8.99. The smallest absolute Gasteiger partial charge is 0.336 e. The molecule has 2 aromatic rings. The van der Waals surface area contributed by atoms with E-state index in [1.165, 1.54) is 16.2 Å². The maximum atomic E-state index is 12.0. The largest absolute Gasteiger partial charge is 0.478 e. The van der Waals surface area contributed by atoms with Crippen molar-refractivity contribution >= 4 is 46.7 Å². The van der Waals surface area contributed by atoms with Gasteiger partial charge < -0.3 is 10.4 Å². The predicted molar refractivity (Wildman–Crippen MR) is 92.1 cm³/mol. The van der Waals surface area contributed by atoms with Crippen LogP contribution < -0.4 is 5.32 Å². The first-order chi connectivity index (χ1) is 11.1. The molecular weight excluding hydrogens is 332 g/mol. The average molecular weight is 348 g/mol. The minimum Gasteiger partial charge on any atom is -0.478 e. The molecule has 2 aromatic heterocycles. The third-order valence-electron chi connectivity index (χ3n) is 3.79. The summed E-state index contributed by atoms with van der Waals surface area (Å²) < 4.78 is 0. The van der Waals surface area contributed by atoms with Gasteiger partial charge in [0.2, 0.25) is 5.91 Å². The van der Waals surface area contributed by atoms with Crippen molar-refractivity contribution in [3.05, 3.63) is 37.5 Å². The Morgan fingerprint density at radius 1 is 1.43 bits per heavy atom. The van der Waals surface area contributed by atoms with E-state index in [1.807, 2.05) is 12.2 Å². The lowest BCUT2D eigenvalue weighted by Gasteiger charge is -2.19. The highest BCUT2D eigenvalue weighted by atomic mass is 32.1. The third-order valence-corrected chi connectivity index (χ3v) is 5.78. The van der Waals surface area contributed by atoms with E-state index in [0.717, 1.165) is 34.8 Å². The highest BCUT2D eigenvalue weighted by Gasteiger charge is 2.29. The van der Waals surface area contributed by atoms with Gasteiger partial charge in [0, 0.05) is 22.2 Å². The number of nitrogens with one attached hydrogen (secondary N) is 1. The molecule has 5 nitrogen and oxygen atoms in total. The number of amides is 1. The highest BCUT2D eigenvalue weighted by molar-refractivity contribution is 7.13. The Labute approximate surface area is 141 Å². The summed E-state index contributed by atoms with van der Waals surface area (Å²) >= 11 is 3.00. The Morgan fingerprint density at radius 2 is 2.26 bits per heavy atom. The van der Waals surface area contributed by atoms with Crippen LogP contribution in [0.2, 0.25) is 0 Å². The molecule has 1 atom stereocenters. The number of fused-ring (bicyclic) bond motifs is 1. The van der Waals surface area contributed by atoms with Crippen LogP contribution in [-0.4, -0.2) is 29.0 Å². The predicted octanol–water partition coefficient (Wildman–Crippen LogP) is 3.24. The van der Waals surface area contributed by atoms with Crippen molar-refractivity contribution in [1.29, 1.82) is 0 Å². The molecule has 3 rings (SSSR count). The Morgan fingerprint density at radius 3 is 2.96 bits per heavy atom. The minimum absolute atomic E-state index is 0.0242. The first kappa shape index (κ1) is 15.9. The summed E-state index contributed by atoms with van der Waals surface area (Å²) in [6.07, 6.45) is 6.57. The molecule has 0 bridgehead atoms. The average Bonchev–Trinajstić information content (AvgIpc) is 3.18. The van der Waals surface area contributed by atoms with Crippen molar-refractivity contribution in [3.63, 3.8) is 0 Å². The first-order valence-electron chi connectivity index (χ1n) is 7.29. The van der Waals surface area contributed by atoms with Gasteiger partial charge in [0.1, 0.15) is 5.01 Å². The number of aromatic carboxylic acids is 1. The van der Waals surface area contributed by atoms with Gasteiger partial charge in [0.25, 0.3) is 0 Å². The Hall–Kier alpha value is -1.99. The van der Waals surface area contributed by atoms with Crippen molar-refractivity contribution in [2.75, 3.05) is 7.05 Å². The van der Waals surface area contributed by atoms with Gasteiger partial charge in [-0.25, -0.2) is 9.78 Å². The van der Waals surface area contributed by atoms with Crippen LogP contribution in [0, 0.1) is 0 Å². The zero-order valence-electron chi connectivity index (χ0n) is 12.5. The fourth-order valence-corrected chi connectivity index (χ4v) is 4.49. The van der Waals surface area contributed by atoms with Crippen molar-refractivity contribution < 1.29 is 14.7 Å². The molecule has 0 radical (unpaired) electrons. The van der Waals surface area contributed by atoms with Crippen molar-refractivity contribution in [3.8, 4) is 0 Å². The molecule has 1 aliphatic rings. The summed E-state index contributed by atoms with van der Waals surface area (Å²) in [6, 6.07) is 1.64. The van der Waals surface area contributed by atoms with Gasteiger partial charge >= 0.3 is 5.97 Å². The monoisotopic (exact) mass is 348 g/mol. The number of nitrogens with zero attached hydrogens (tertiary/aromatic N) is 1. The summed E-state index contributed by atoms with van der Waals surface area (Å²) in [7, 11) is 1.65. The molecule has 7 heteroatoms. The van der Waals surface area contributed by atoms with Crippen LogP contribution in [0.5, 0.6) is 0 Å². The Kier molecular flexibility index (Phi) is 4.58. The molecule has 1 unspecified atom stereocenters. The number of rotatable bonds is 4. The van der Waals surface area contributed by atoms with Crippen molar-refractivity contribution in [2.24, 2.45) is 0 Å². The van der Waals surface area contributed by atoms with E-state index in [0.29, 0.717) is 5.56 Å². The van der Waals surface area contributed by atoms with Gasteiger partial charge in [-0.3, -0.25) is 4.79 Å². The number of carboxylic acid groups (broad SMARTS) is 1. The standard InChI is InChI=1S/C16H16N2O3S2/c1-17-15(19)11-3-2-4-12-14(11)18-13(23-12)6-5-10-7-9(8-22-10)16(20)21/h5-8,11H,2-4H2,1H3,(H,17,19)(H,20,21)/b6-5+. The van der Waals surface area contributed by atoms with Crippen molar-refractivity contribution in [2.45, 2.75) is 25.2 Å². The fraction of sp³-hybridized carbons (Fsp3) is 0.312. The molecule has 120 valence electrons. The quantitative estimate of drug-likeness (QED) is 0.889. The molecule has 0 saturated carbocycles. The molecule has 2 heterocycles. The van der Waals surface area contributed by atoms with E-state index in [-0.39, 0.29) is 11.8 Å². The number of carboxylic acids is 1. The summed E-state index contributed by atoms with van der Waals surface area (Å²) in [5, 5.41) is 14.1. The Balaban J connectivity index is 1.81. The summed E-state index contributed by atoms with van der Waals surface area (Å²) in [4.78, 5) is 29.5. The molecule has 0 spiro atoms. The second kappa shape index (κ2) is 6.64. The summed E-state index contributed by atoms with van der Waals surface area (Å²) in [5.74, 6) is -1.04. The second-order valence-electron chi connectivity index (χ2n) is 5.30. The molecule has 1 amide bonds. The number of aryl methyl sites for hydroxylation is 1. The summed E-state index contributed by atoms with van der Waals surface area (Å²) in [6.45, 7) is 0. The van der Waals surface area contributed by atoms with Gasteiger partial charge in [-0.15, -0.1) is 22.7 Å². The van der Waals surface area contributed by atoms with E-state index in [1.54, 1.807) is 29.8 Å². The van der Waals surface area contributed by atoms with Crippen LogP contribution in [0.25, 0.3) is 12.2 Å². The van der Waals surface area contributed by atoms with Crippen LogP contribution in [-0.2, 0) is 11.2 Å². The number of thiophene rings is 1. The Bertz CT molecular complexity index is 776. The van der Waals surface area contributed by atoms with Gasteiger partial charge in [0.05, 0.1) is 17.2 Å². The van der Waals surface area contributed by atoms with E-state index in [9.17, 15) is 9.59 Å². The molecule has 0 aromatic carbocycles. The topological polar surface area (TPSA) is 79.3 Å². The molecule has 23 heavy (non-hydrogen) atoms. The van der Waals surface area contributed by atoms with Crippen molar-refractivity contribution in [1.82, 2.24) is 10.3 Å². The lowest BCUT2D eigenvalue weighted by molar-refractivity contribution is -0.122. The van der Waals surface area contributed by atoms with E-state index in [2.05, 4.69) is 10.3 Å². The maximum absolute atomic E-state index is 12.0. The number of carbonyl (C=O) groups excluding carboxylic acids is 1. The number of likely N-dealkylation sites (N-methyl/N-ethyl adjacent to an activating group) is 1. The minimum atomic E-state index is -0.918. The van der Waals surface area contributed by atoms with Crippen LogP contribution >= 0.6 is 22.7 Å². The molecule has 0 aliphatic heterocycles. The van der Waals surface area contributed by atoms with Crippen LogP contribution in [0.1, 0.15) is 49.6 Å². The fourth-order valence-electron chi connectivity index (χ4n) is 2.64. The number of hydrogen-bond donors (Lipinski definition) is 2. The maximum Gasteiger partial charge on any atom is 0.336 e. The van der Waals surface area contributed by atoms with Crippen LogP contribution in [0.15, 0.2) is 11.4 Å². The molecule has 0 fully saturated rings. The van der Waals surface area contributed by atoms with E-state index in [4.69, 9.17) is 5.11 Å². The van der Waals surface area contributed by atoms with Gasteiger partial charge in [-0.05, 0) is 37.5 Å². The number of carbonyl (C=O) groups is 2. The van der Waals surface area contributed by atoms with Gasteiger partial charge in [0.15, 0.2) is 0 Å². The van der Waals surface area contributed by atoms with E-state index < -0.39 is 5.97 Å². The SMILES string of the molecule is CNC(=O)C1CCCc2sc(/C=C/c3cc(C(=O)O)cs3)nc21. The van der Waals surface area contributed by atoms with Gasteiger partial charge in [-0.2, -0.15) is 0 Å². The second-order valence-corrected chi connectivity index (χ2v) is 7.35. The van der Waals surface area contributed by atoms with Crippen LogP contribution in [0.4, 0.5) is 0 Å². The number of hydrogen-bond acceptors (Lipinski definition) is 5. The lowest BCUT2D eigenvalue weighted by Crippen LogP contribution is -2.28. The van der Waals surface area contributed by atoms with E-state index >= 15 is 0 Å². The number of thiazole rings is 1. The number of aromatic nitrogens is 1. The normalized spacial score (nSPS) is 17.2. The van der Waals surface area contributed by atoms with Gasteiger partial charge in [-0.1, -0.05) is 0 Å². The van der Waals surface area contributed by atoms with Crippen LogP contribution in [0.3, 0.4) is 0 Å². The molecule has 1 aliphatic carbocycles. The molecule has 2 N–H and O–H groups in total. The molecular formula is C16H16N2O3S2. The molecule has 0 saturated heterocycles. The lowest BCUT2D eigenvalue weighted by atomic mass is 9.90. The zero-order chi connectivity index (χ0) is 16.4. The summed E-state index contributed by atoms with van der Waals surface area (Å²) in [5.41, 5.74) is 1.20. The highest BCUT2D eigenvalue weighted by Crippen LogP contribution is 2.35. The zero-order valence-corrected chi connectivity index (χ0v) is 14.2. The third kappa shape index (κ3) is 3.35.